The maximum absolute atomic E-state index is 12.3. The monoisotopic (exact) mass is 442 g/mol. The van der Waals surface area contributed by atoms with Crippen LogP contribution in [0.1, 0.15) is 0 Å². The number of H-pyrrole nitrogens is 1. The lowest BCUT2D eigenvalue weighted by Gasteiger charge is -2.03. The van der Waals surface area contributed by atoms with Crippen LogP contribution >= 0.6 is 23.1 Å². The van der Waals surface area contributed by atoms with Gasteiger partial charge in [0.15, 0.2) is 10.3 Å². The highest BCUT2D eigenvalue weighted by molar-refractivity contribution is 7.99. The summed E-state index contributed by atoms with van der Waals surface area (Å²) in [7, 11) is 0. The van der Waals surface area contributed by atoms with Crippen LogP contribution in [0.4, 0.5) is 5.13 Å². The summed E-state index contributed by atoms with van der Waals surface area (Å²) in [6.07, 6.45) is 0. The molecule has 0 atom stereocenters. The van der Waals surface area contributed by atoms with Gasteiger partial charge in [0.1, 0.15) is 0 Å². The van der Waals surface area contributed by atoms with Crippen molar-refractivity contribution in [3.05, 3.63) is 84.2 Å². The van der Waals surface area contributed by atoms with Gasteiger partial charge in [0, 0.05) is 10.9 Å². The van der Waals surface area contributed by atoms with Gasteiger partial charge in [-0.3, -0.25) is 4.79 Å². The standard InChI is InChI=1S/C24H18N4OS2/c29-22(15-31-23-25-19-8-4-5-9-20(19)26-23)28-24-27-21(14-30-24)18-12-10-17(11-13-18)16-6-2-1-3-7-16/h1-14H,15H2,(H,25,26)(H,27,28,29). The van der Waals surface area contributed by atoms with Gasteiger partial charge < -0.3 is 10.3 Å². The summed E-state index contributed by atoms with van der Waals surface area (Å²) in [4.78, 5) is 24.6. The number of carbonyl (C=O) groups excluding carboxylic acids is 1. The van der Waals surface area contributed by atoms with Gasteiger partial charge in [-0.2, -0.15) is 0 Å². The molecule has 0 bridgehead atoms. The van der Waals surface area contributed by atoms with E-state index in [1.807, 2.05) is 47.8 Å². The maximum Gasteiger partial charge on any atom is 0.236 e. The first kappa shape index (κ1) is 19.5. The zero-order valence-electron chi connectivity index (χ0n) is 16.4. The summed E-state index contributed by atoms with van der Waals surface area (Å²) >= 11 is 2.80. The highest BCUT2D eigenvalue weighted by atomic mass is 32.2. The molecule has 31 heavy (non-hydrogen) atoms. The molecule has 0 radical (unpaired) electrons. The Hall–Kier alpha value is -3.42. The molecule has 2 aromatic heterocycles. The number of benzene rings is 3. The third-order valence-electron chi connectivity index (χ3n) is 4.75. The van der Waals surface area contributed by atoms with Gasteiger partial charge in [-0.05, 0) is 23.3 Å². The van der Waals surface area contributed by atoms with Crippen LogP contribution in [-0.4, -0.2) is 26.6 Å². The quantitative estimate of drug-likeness (QED) is 0.313. The predicted octanol–water partition coefficient (Wildman–Crippen LogP) is 6.08. The number of aromatic nitrogens is 3. The number of amides is 1. The van der Waals surface area contributed by atoms with Crippen molar-refractivity contribution in [3.8, 4) is 22.4 Å². The number of hydrogen-bond donors (Lipinski definition) is 2. The zero-order valence-corrected chi connectivity index (χ0v) is 18.0. The molecule has 1 amide bonds. The van der Waals surface area contributed by atoms with Gasteiger partial charge in [-0.25, -0.2) is 9.97 Å². The lowest BCUT2D eigenvalue weighted by molar-refractivity contribution is -0.113. The van der Waals surface area contributed by atoms with Crippen LogP contribution in [0.5, 0.6) is 0 Å². The van der Waals surface area contributed by atoms with E-state index in [0.29, 0.717) is 5.13 Å². The van der Waals surface area contributed by atoms with E-state index >= 15 is 0 Å². The average molecular weight is 443 g/mol. The van der Waals surface area contributed by atoms with E-state index in [0.717, 1.165) is 33.0 Å². The third kappa shape index (κ3) is 4.52. The van der Waals surface area contributed by atoms with Crippen LogP contribution in [-0.2, 0) is 4.79 Å². The lowest BCUT2D eigenvalue weighted by Crippen LogP contribution is -2.13. The van der Waals surface area contributed by atoms with E-state index in [2.05, 4.69) is 56.7 Å². The first-order chi connectivity index (χ1) is 15.2. The SMILES string of the molecule is O=C(CSc1nc2ccccc2[nH]1)Nc1nc(-c2ccc(-c3ccccc3)cc2)cs1. The molecule has 0 saturated carbocycles. The number of anilines is 1. The second-order valence-electron chi connectivity index (χ2n) is 6.88. The number of nitrogens with one attached hydrogen (secondary N) is 2. The Morgan fingerprint density at radius 1 is 0.871 bits per heavy atom. The average Bonchev–Trinajstić information content (AvgIpc) is 3.45. The van der Waals surface area contributed by atoms with Crippen molar-refractivity contribution < 1.29 is 4.79 Å². The first-order valence-corrected chi connectivity index (χ1v) is 11.6. The summed E-state index contributed by atoms with van der Waals surface area (Å²) < 4.78 is 0. The fourth-order valence-electron chi connectivity index (χ4n) is 3.21. The van der Waals surface area contributed by atoms with Crippen LogP contribution < -0.4 is 5.32 Å². The molecule has 7 heteroatoms. The smallest absolute Gasteiger partial charge is 0.236 e. The number of imidazole rings is 1. The summed E-state index contributed by atoms with van der Waals surface area (Å²) in [6, 6.07) is 26.4. The summed E-state index contributed by atoms with van der Waals surface area (Å²) in [5.74, 6) is 0.159. The molecule has 2 N–H and O–H groups in total. The molecule has 152 valence electrons. The van der Waals surface area contributed by atoms with Crippen molar-refractivity contribution in [1.29, 1.82) is 0 Å². The minimum absolute atomic E-state index is 0.106. The number of hydrogen-bond acceptors (Lipinski definition) is 5. The number of carbonyl (C=O) groups is 1. The number of rotatable bonds is 6. The van der Waals surface area contributed by atoms with Crippen LogP contribution in [0.3, 0.4) is 0 Å². The van der Waals surface area contributed by atoms with Crippen LogP contribution in [0.25, 0.3) is 33.4 Å². The number of aromatic amines is 1. The maximum atomic E-state index is 12.3. The molecule has 0 aliphatic carbocycles. The van der Waals surface area contributed by atoms with Crippen LogP contribution in [0.2, 0.25) is 0 Å². The summed E-state index contributed by atoms with van der Waals surface area (Å²) in [5.41, 5.74) is 6.08. The molecule has 5 nitrogen and oxygen atoms in total. The first-order valence-electron chi connectivity index (χ1n) is 9.73. The van der Waals surface area contributed by atoms with E-state index in [1.165, 1.54) is 28.7 Å². The molecule has 0 unspecified atom stereocenters. The minimum Gasteiger partial charge on any atom is -0.333 e. The normalized spacial score (nSPS) is 11.0. The molecular formula is C24H18N4OS2. The van der Waals surface area contributed by atoms with Gasteiger partial charge in [0.25, 0.3) is 0 Å². The summed E-state index contributed by atoms with van der Waals surface area (Å²) in [5, 5.41) is 6.16. The minimum atomic E-state index is -0.106. The van der Waals surface area contributed by atoms with E-state index in [-0.39, 0.29) is 11.7 Å². The highest BCUT2D eigenvalue weighted by Crippen LogP contribution is 2.28. The number of para-hydroxylation sites is 2. The Kier molecular flexibility index (Phi) is 5.52. The fraction of sp³-hybridized carbons (Fsp3) is 0.0417. The van der Waals surface area contributed by atoms with Crippen molar-refractivity contribution >= 4 is 45.2 Å². The molecule has 0 saturated heterocycles. The topological polar surface area (TPSA) is 70.7 Å². The van der Waals surface area contributed by atoms with Crippen molar-refractivity contribution in [3.63, 3.8) is 0 Å². The largest absolute Gasteiger partial charge is 0.333 e. The van der Waals surface area contributed by atoms with E-state index in [1.54, 1.807) is 0 Å². The van der Waals surface area contributed by atoms with E-state index in [4.69, 9.17) is 0 Å². The van der Waals surface area contributed by atoms with Crippen molar-refractivity contribution in [1.82, 2.24) is 15.0 Å². The second-order valence-corrected chi connectivity index (χ2v) is 8.70. The molecule has 0 aliphatic rings. The molecule has 5 aromatic rings. The Labute approximate surface area is 187 Å². The van der Waals surface area contributed by atoms with Crippen LogP contribution in [0.15, 0.2) is 89.4 Å². The number of nitrogens with zero attached hydrogens (tertiary/aromatic N) is 2. The van der Waals surface area contributed by atoms with Crippen molar-refractivity contribution in [2.45, 2.75) is 5.16 Å². The number of thiazole rings is 1. The van der Waals surface area contributed by atoms with Gasteiger partial charge in [-0.1, -0.05) is 78.5 Å². The predicted molar refractivity (Wildman–Crippen MR) is 128 cm³/mol. The molecule has 0 spiro atoms. The third-order valence-corrected chi connectivity index (χ3v) is 6.38. The van der Waals surface area contributed by atoms with Crippen LogP contribution in [0, 0.1) is 0 Å². The summed E-state index contributed by atoms with van der Waals surface area (Å²) in [6.45, 7) is 0. The second kappa shape index (κ2) is 8.75. The van der Waals surface area contributed by atoms with Crippen molar-refractivity contribution in [2.24, 2.45) is 0 Å². The molecule has 2 heterocycles. The molecule has 5 rings (SSSR count). The molecule has 3 aromatic carbocycles. The number of fused-ring (bicyclic) bond motifs is 1. The van der Waals surface area contributed by atoms with Gasteiger partial charge >= 0.3 is 0 Å². The molecular weight excluding hydrogens is 424 g/mol. The Bertz CT molecular complexity index is 1290. The Balaban J connectivity index is 1.20. The van der Waals surface area contributed by atoms with Gasteiger partial charge in [-0.15, -0.1) is 11.3 Å². The number of thioether (sulfide) groups is 1. The fourth-order valence-corrected chi connectivity index (χ4v) is 4.64. The van der Waals surface area contributed by atoms with Crippen molar-refractivity contribution in [2.75, 3.05) is 11.1 Å². The van der Waals surface area contributed by atoms with Gasteiger partial charge in [0.2, 0.25) is 5.91 Å². The Morgan fingerprint density at radius 3 is 2.39 bits per heavy atom. The zero-order chi connectivity index (χ0) is 21.0. The van der Waals surface area contributed by atoms with E-state index < -0.39 is 0 Å². The van der Waals surface area contributed by atoms with Gasteiger partial charge in [0.05, 0.1) is 22.5 Å². The highest BCUT2D eigenvalue weighted by Gasteiger charge is 2.10. The molecule has 0 aliphatic heterocycles. The molecule has 0 fully saturated rings. The lowest BCUT2D eigenvalue weighted by atomic mass is 10.0. The van der Waals surface area contributed by atoms with E-state index in [9.17, 15) is 4.79 Å². The Morgan fingerprint density at radius 2 is 1.58 bits per heavy atom.